The summed E-state index contributed by atoms with van der Waals surface area (Å²) in [5.41, 5.74) is 3.44. The third kappa shape index (κ3) is 4.09. The molecule has 0 radical (unpaired) electrons. The Bertz CT molecular complexity index is 460. The molecule has 1 aromatic carbocycles. The molecular formula is C15H16O. The molecule has 0 N–H and O–H groups in total. The van der Waals surface area contributed by atoms with E-state index in [-0.39, 0.29) is 5.41 Å². The third-order valence-electron chi connectivity index (χ3n) is 1.73. The Morgan fingerprint density at radius 1 is 1.25 bits per heavy atom. The van der Waals surface area contributed by atoms with Gasteiger partial charge in [-0.2, -0.15) is 0 Å². The van der Waals surface area contributed by atoms with Crippen molar-refractivity contribution in [3.8, 4) is 17.6 Å². The normalized spacial score (nSPS) is 9.69. The van der Waals surface area contributed by atoms with Crippen LogP contribution in [0.5, 0.6) is 5.75 Å². The molecule has 1 aromatic rings. The van der Waals surface area contributed by atoms with E-state index >= 15 is 0 Å². The van der Waals surface area contributed by atoms with E-state index in [1.165, 1.54) is 6.26 Å². The smallest absolute Gasteiger partial charge is 0.143 e. The molecule has 0 bridgehead atoms. The molecule has 1 nitrogen and oxygen atoms in total. The minimum Gasteiger partial charge on any atom is -0.455 e. The first-order valence-corrected chi connectivity index (χ1v) is 5.16. The monoisotopic (exact) mass is 212 g/mol. The van der Waals surface area contributed by atoms with Gasteiger partial charge >= 0.3 is 0 Å². The number of hydrogen-bond donors (Lipinski definition) is 0. The molecule has 0 aliphatic heterocycles. The Labute approximate surface area is 97.4 Å². The van der Waals surface area contributed by atoms with Crippen molar-refractivity contribution in [2.24, 2.45) is 5.41 Å². The Hall–Kier alpha value is -1.90. The quantitative estimate of drug-likeness (QED) is 0.412. The van der Waals surface area contributed by atoms with Crippen LogP contribution in [-0.4, -0.2) is 0 Å². The lowest BCUT2D eigenvalue weighted by molar-refractivity contribution is 0.481. The molecule has 0 fully saturated rings. The van der Waals surface area contributed by atoms with Crippen LogP contribution in [-0.2, 0) is 0 Å². The predicted molar refractivity (Wildman–Crippen MR) is 67.1 cm³/mol. The van der Waals surface area contributed by atoms with Gasteiger partial charge in [0.25, 0.3) is 0 Å². The lowest BCUT2D eigenvalue weighted by atomic mass is 9.97. The highest BCUT2D eigenvalue weighted by atomic mass is 16.5. The van der Waals surface area contributed by atoms with Gasteiger partial charge in [0.2, 0.25) is 0 Å². The van der Waals surface area contributed by atoms with Crippen LogP contribution >= 0.6 is 0 Å². The summed E-state index contributed by atoms with van der Waals surface area (Å²) >= 11 is 0. The van der Waals surface area contributed by atoms with Gasteiger partial charge in [0.15, 0.2) is 0 Å². The summed E-state index contributed by atoms with van der Waals surface area (Å²) in [4.78, 5) is 0. The average molecular weight is 212 g/mol. The maximum Gasteiger partial charge on any atom is 0.143 e. The van der Waals surface area contributed by atoms with E-state index in [1.54, 1.807) is 0 Å². The fraction of sp³-hybridized carbons (Fsp3) is 0.267. The van der Waals surface area contributed by atoms with Crippen molar-refractivity contribution in [1.29, 1.82) is 0 Å². The molecule has 0 saturated carbocycles. The third-order valence-corrected chi connectivity index (χ3v) is 1.73. The van der Waals surface area contributed by atoms with Crippen molar-refractivity contribution in [2.75, 3.05) is 0 Å². The van der Waals surface area contributed by atoms with Crippen molar-refractivity contribution >= 4 is 0 Å². The second-order valence-corrected chi connectivity index (χ2v) is 4.44. The first kappa shape index (κ1) is 12.2. The summed E-state index contributed by atoms with van der Waals surface area (Å²) in [5.74, 6) is 7.03. The van der Waals surface area contributed by atoms with Crippen LogP contribution in [0.3, 0.4) is 0 Å². The SMILES string of the molecule is C=C=COc1ccccc1C#CC(C)(C)C. The zero-order chi connectivity index (χ0) is 12.0. The van der Waals surface area contributed by atoms with E-state index in [9.17, 15) is 0 Å². The Balaban J connectivity index is 3.02. The summed E-state index contributed by atoms with van der Waals surface area (Å²) in [6.45, 7) is 9.68. The molecule has 0 spiro atoms. The van der Waals surface area contributed by atoms with Gasteiger partial charge in [-0.3, -0.25) is 0 Å². The fourth-order valence-corrected chi connectivity index (χ4v) is 1.03. The van der Waals surface area contributed by atoms with E-state index < -0.39 is 0 Å². The first-order chi connectivity index (χ1) is 7.53. The molecule has 0 unspecified atom stereocenters. The topological polar surface area (TPSA) is 9.23 Å². The van der Waals surface area contributed by atoms with E-state index in [0.717, 1.165) is 11.3 Å². The number of rotatable bonds is 2. The van der Waals surface area contributed by atoms with Gasteiger partial charge in [-0.15, -0.1) is 0 Å². The number of para-hydroxylation sites is 1. The van der Waals surface area contributed by atoms with E-state index in [2.05, 4.69) is 44.9 Å². The van der Waals surface area contributed by atoms with Crippen LogP contribution in [0.25, 0.3) is 0 Å². The number of ether oxygens (including phenoxy) is 1. The maximum absolute atomic E-state index is 5.35. The highest BCUT2D eigenvalue weighted by Crippen LogP contribution is 2.18. The zero-order valence-electron chi connectivity index (χ0n) is 10.0. The van der Waals surface area contributed by atoms with Crippen molar-refractivity contribution in [3.63, 3.8) is 0 Å². The Morgan fingerprint density at radius 3 is 2.56 bits per heavy atom. The van der Waals surface area contributed by atoms with Crippen LogP contribution in [0.4, 0.5) is 0 Å². The summed E-state index contributed by atoms with van der Waals surface area (Å²) in [7, 11) is 0. The van der Waals surface area contributed by atoms with Crippen molar-refractivity contribution in [3.05, 3.63) is 48.4 Å². The molecule has 1 rings (SSSR count). The molecule has 16 heavy (non-hydrogen) atoms. The number of benzene rings is 1. The molecule has 0 atom stereocenters. The first-order valence-electron chi connectivity index (χ1n) is 5.16. The van der Waals surface area contributed by atoms with E-state index in [4.69, 9.17) is 4.74 Å². The largest absolute Gasteiger partial charge is 0.455 e. The van der Waals surface area contributed by atoms with E-state index in [1.807, 2.05) is 24.3 Å². The molecule has 0 heterocycles. The van der Waals surface area contributed by atoms with Crippen LogP contribution in [0.15, 0.2) is 42.8 Å². The minimum atomic E-state index is -0.0125. The molecule has 0 aromatic heterocycles. The molecule has 0 aliphatic rings. The van der Waals surface area contributed by atoms with Gasteiger partial charge in [0.05, 0.1) is 5.56 Å². The highest BCUT2D eigenvalue weighted by molar-refractivity contribution is 5.46. The lowest BCUT2D eigenvalue weighted by Crippen LogP contribution is -1.99. The molecule has 0 aliphatic carbocycles. The molecular weight excluding hydrogens is 196 g/mol. The van der Waals surface area contributed by atoms with Crippen LogP contribution in [0.2, 0.25) is 0 Å². The summed E-state index contributed by atoms with van der Waals surface area (Å²) in [5, 5.41) is 0. The van der Waals surface area contributed by atoms with Crippen molar-refractivity contribution < 1.29 is 4.74 Å². The zero-order valence-corrected chi connectivity index (χ0v) is 10.0. The van der Waals surface area contributed by atoms with E-state index in [0.29, 0.717) is 0 Å². The van der Waals surface area contributed by atoms with Crippen LogP contribution < -0.4 is 4.74 Å². The fourth-order valence-electron chi connectivity index (χ4n) is 1.03. The summed E-state index contributed by atoms with van der Waals surface area (Å²) in [6.07, 6.45) is 1.43. The van der Waals surface area contributed by atoms with Gasteiger partial charge in [0.1, 0.15) is 12.0 Å². The second-order valence-electron chi connectivity index (χ2n) is 4.44. The van der Waals surface area contributed by atoms with Gasteiger partial charge < -0.3 is 4.74 Å². The van der Waals surface area contributed by atoms with Crippen LogP contribution in [0, 0.1) is 17.3 Å². The molecule has 1 heteroatoms. The highest BCUT2D eigenvalue weighted by Gasteiger charge is 2.04. The number of hydrogen-bond acceptors (Lipinski definition) is 1. The van der Waals surface area contributed by atoms with Gasteiger partial charge in [0, 0.05) is 5.41 Å². The molecule has 0 amide bonds. The van der Waals surface area contributed by atoms with Gasteiger partial charge in [-0.25, -0.2) is 0 Å². The predicted octanol–water partition coefficient (Wildman–Crippen LogP) is 3.76. The van der Waals surface area contributed by atoms with Gasteiger partial charge in [-0.05, 0) is 32.9 Å². The lowest BCUT2D eigenvalue weighted by Gasteiger charge is -2.07. The Kier molecular flexibility index (Phi) is 4.00. The van der Waals surface area contributed by atoms with Crippen molar-refractivity contribution in [2.45, 2.75) is 20.8 Å². The molecule has 82 valence electrons. The van der Waals surface area contributed by atoms with Gasteiger partial charge in [-0.1, -0.05) is 36.3 Å². The second kappa shape index (κ2) is 5.26. The average Bonchev–Trinajstić information content (AvgIpc) is 2.23. The summed E-state index contributed by atoms with van der Waals surface area (Å²) in [6, 6.07) is 7.66. The Morgan fingerprint density at radius 2 is 1.94 bits per heavy atom. The molecule has 0 saturated heterocycles. The van der Waals surface area contributed by atoms with Crippen molar-refractivity contribution in [1.82, 2.24) is 0 Å². The summed E-state index contributed by atoms with van der Waals surface area (Å²) < 4.78 is 5.35. The minimum absolute atomic E-state index is 0.0125. The maximum atomic E-state index is 5.35. The standard InChI is InChI=1S/C15H16O/c1-5-12-16-14-9-7-6-8-13(14)10-11-15(2,3)4/h6-9,12H,1H2,2-4H3. The van der Waals surface area contributed by atoms with Crippen LogP contribution in [0.1, 0.15) is 26.3 Å².